The number of aliphatic imine (C=N–C) groups is 2. The Balaban J connectivity index is 2.23. The molecule has 2 aliphatic heterocycles. The molecule has 0 saturated heterocycles. The van der Waals surface area contributed by atoms with Crippen LogP contribution >= 0.6 is 0 Å². The van der Waals surface area contributed by atoms with Crippen molar-refractivity contribution in [2.75, 3.05) is 0 Å². The van der Waals surface area contributed by atoms with Crippen LogP contribution in [-0.4, -0.2) is 11.9 Å². The van der Waals surface area contributed by atoms with E-state index in [0.717, 1.165) is 11.4 Å². The zero-order valence-electron chi connectivity index (χ0n) is 7.01. The van der Waals surface area contributed by atoms with Gasteiger partial charge in [0.2, 0.25) is 0 Å². The van der Waals surface area contributed by atoms with Crippen molar-refractivity contribution in [3.8, 4) is 0 Å². The summed E-state index contributed by atoms with van der Waals surface area (Å²) in [6.45, 7) is 0. The number of rotatable bonds is 0. The van der Waals surface area contributed by atoms with E-state index >= 15 is 0 Å². The third-order valence-corrected chi connectivity index (χ3v) is 2.56. The Bertz CT molecular complexity index is 389. The Morgan fingerprint density at radius 1 is 1.08 bits per heavy atom. The van der Waals surface area contributed by atoms with Gasteiger partial charge >= 0.3 is 0 Å². The van der Waals surface area contributed by atoms with Gasteiger partial charge in [0.05, 0.1) is 23.0 Å². The summed E-state index contributed by atoms with van der Waals surface area (Å²) in [4.78, 5) is 8.66. The van der Waals surface area contributed by atoms with Gasteiger partial charge in [0.25, 0.3) is 0 Å². The summed E-state index contributed by atoms with van der Waals surface area (Å²) in [5.74, 6) is 0. The number of hydrogen-bond donors (Lipinski definition) is 0. The molecule has 0 amide bonds. The smallest absolute Gasteiger partial charge is 0.0929 e. The van der Waals surface area contributed by atoms with Crippen molar-refractivity contribution >= 4 is 11.9 Å². The van der Waals surface area contributed by atoms with Gasteiger partial charge in [0.1, 0.15) is 0 Å². The van der Waals surface area contributed by atoms with Crippen molar-refractivity contribution in [2.24, 2.45) is 15.4 Å². The molecule has 1 spiro atoms. The van der Waals surface area contributed by atoms with Gasteiger partial charge in [-0.05, 0) is 12.2 Å². The molecular weight excluding hydrogens is 160 g/mol. The van der Waals surface area contributed by atoms with E-state index in [4.69, 9.17) is 0 Å². The molecular formula is C11H8N2. The molecule has 0 N–H and O–H groups in total. The second-order valence-corrected chi connectivity index (χ2v) is 3.25. The Morgan fingerprint density at radius 3 is 3.00 bits per heavy atom. The first-order valence-electron chi connectivity index (χ1n) is 4.28. The summed E-state index contributed by atoms with van der Waals surface area (Å²) < 4.78 is 0. The molecule has 3 aliphatic rings. The molecule has 1 unspecified atom stereocenters. The highest BCUT2D eigenvalue weighted by atomic mass is 14.9. The minimum atomic E-state index is -0.149. The lowest BCUT2D eigenvalue weighted by molar-refractivity contribution is 0.807. The van der Waals surface area contributed by atoms with Crippen molar-refractivity contribution in [1.29, 1.82) is 0 Å². The van der Waals surface area contributed by atoms with E-state index in [2.05, 4.69) is 22.1 Å². The van der Waals surface area contributed by atoms with Gasteiger partial charge in [-0.15, -0.1) is 0 Å². The number of hydrogen-bond acceptors (Lipinski definition) is 2. The molecule has 3 rings (SSSR count). The zero-order valence-corrected chi connectivity index (χ0v) is 7.01. The second-order valence-electron chi connectivity index (χ2n) is 3.25. The molecule has 0 fully saturated rings. The van der Waals surface area contributed by atoms with E-state index in [1.54, 1.807) is 0 Å². The van der Waals surface area contributed by atoms with Crippen LogP contribution in [0, 0.1) is 5.41 Å². The first-order chi connectivity index (χ1) is 6.42. The van der Waals surface area contributed by atoms with Gasteiger partial charge in [0.15, 0.2) is 0 Å². The quantitative estimate of drug-likeness (QED) is 0.528. The molecule has 2 heterocycles. The molecule has 0 bridgehead atoms. The van der Waals surface area contributed by atoms with Crippen molar-refractivity contribution in [1.82, 2.24) is 0 Å². The summed E-state index contributed by atoms with van der Waals surface area (Å²) in [5, 5.41) is 0. The molecule has 1 aliphatic carbocycles. The number of dihydropyridines is 1. The van der Waals surface area contributed by atoms with E-state index < -0.39 is 0 Å². The van der Waals surface area contributed by atoms with Gasteiger partial charge in [-0.1, -0.05) is 24.3 Å². The minimum absolute atomic E-state index is 0.149. The van der Waals surface area contributed by atoms with Crippen LogP contribution in [0.3, 0.4) is 0 Å². The van der Waals surface area contributed by atoms with Crippen LogP contribution < -0.4 is 0 Å². The van der Waals surface area contributed by atoms with E-state index in [1.807, 2.05) is 36.7 Å². The Morgan fingerprint density at radius 2 is 2.00 bits per heavy atom. The average molecular weight is 168 g/mol. The van der Waals surface area contributed by atoms with Crippen LogP contribution in [0.25, 0.3) is 0 Å². The number of allylic oxidation sites excluding steroid dienone is 5. The topological polar surface area (TPSA) is 24.7 Å². The van der Waals surface area contributed by atoms with Crippen LogP contribution in [0.1, 0.15) is 0 Å². The number of nitrogens with zero attached hydrogens (tertiary/aromatic N) is 2. The molecule has 1 atom stereocenters. The maximum atomic E-state index is 4.34. The summed E-state index contributed by atoms with van der Waals surface area (Å²) in [7, 11) is 0. The van der Waals surface area contributed by atoms with Gasteiger partial charge in [-0.25, -0.2) is 0 Å². The van der Waals surface area contributed by atoms with Crippen molar-refractivity contribution < 1.29 is 0 Å². The Kier molecular flexibility index (Phi) is 1.13. The van der Waals surface area contributed by atoms with Crippen LogP contribution in [0.15, 0.2) is 58.3 Å². The lowest BCUT2D eigenvalue weighted by atomic mass is 9.77. The predicted octanol–water partition coefficient (Wildman–Crippen LogP) is 2.04. The molecule has 0 aromatic rings. The molecule has 0 saturated carbocycles. The lowest BCUT2D eigenvalue weighted by Gasteiger charge is -2.27. The molecule has 0 aromatic carbocycles. The maximum absolute atomic E-state index is 4.34. The highest BCUT2D eigenvalue weighted by molar-refractivity contribution is 6.09. The maximum Gasteiger partial charge on any atom is 0.0929 e. The highest BCUT2D eigenvalue weighted by Gasteiger charge is 2.38. The molecule has 2 heteroatoms. The van der Waals surface area contributed by atoms with E-state index in [0.29, 0.717) is 0 Å². The van der Waals surface area contributed by atoms with E-state index in [-0.39, 0.29) is 5.41 Å². The molecule has 13 heavy (non-hydrogen) atoms. The summed E-state index contributed by atoms with van der Waals surface area (Å²) >= 11 is 0. The standard InChI is InChI=1S/C11H8N2/c1-2-5-11-6-3-7-12-10(11)8-13-9(11)4-1/h1-8H. The summed E-state index contributed by atoms with van der Waals surface area (Å²) in [5.41, 5.74) is 1.94. The molecule has 0 radical (unpaired) electrons. The predicted molar refractivity (Wildman–Crippen MR) is 53.9 cm³/mol. The van der Waals surface area contributed by atoms with Gasteiger partial charge in [0, 0.05) is 6.21 Å². The van der Waals surface area contributed by atoms with Gasteiger partial charge < -0.3 is 0 Å². The first-order valence-corrected chi connectivity index (χ1v) is 4.28. The first kappa shape index (κ1) is 6.78. The summed E-state index contributed by atoms with van der Waals surface area (Å²) in [6.07, 6.45) is 16.0. The molecule has 0 aromatic heterocycles. The van der Waals surface area contributed by atoms with Crippen LogP contribution in [-0.2, 0) is 0 Å². The van der Waals surface area contributed by atoms with E-state index in [9.17, 15) is 0 Å². The van der Waals surface area contributed by atoms with E-state index in [1.165, 1.54) is 0 Å². The fraction of sp³-hybridized carbons (Fsp3) is 0.0909. The molecule has 2 nitrogen and oxygen atoms in total. The SMILES string of the molecule is C1=CC2=NC=C3N=CC=CC32C=C1. The zero-order chi connectivity index (χ0) is 8.73. The van der Waals surface area contributed by atoms with Gasteiger partial charge in [-0.2, -0.15) is 0 Å². The van der Waals surface area contributed by atoms with Crippen LogP contribution in [0.4, 0.5) is 0 Å². The Labute approximate surface area is 76.4 Å². The molecule has 62 valence electrons. The van der Waals surface area contributed by atoms with Crippen molar-refractivity contribution in [2.45, 2.75) is 0 Å². The second kappa shape index (κ2) is 2.16. The van der Waals surface area contributed by atoms with Crippen molar-refractivity contribution in [3.63, 3.8) is 0 Å². The third kappa shape index (κ3) is 0.724. The third-order valence-electron chi connectivity index (χ3n) is 2.56. The van der Waals surface area contributed by atoms with Crippen LogP contribution in [0.2, 0.25) is 0 Å². The highest BCUT2D eigenvalue weighted by Crippen LogP contribution is 2.41. The van der Waals surface area contributed by atoms with Crippen molar-refractivity contribution in [3.05, 3.63) is 48.4 Å². The Hall–Kier alpha value is -1.70. The fourth-order valence-corrected chi connectivity index (χ4v) is 1.87. The van der Waals surface area contributed by atoms with Crippen LogP contribution in [0.5, 0.6) is 0 Å². The fourth-order valence-electron chi connectivity index (χ4n) is 1.87. The monoisotopic (exact) mass is 168 g/mol. The van der Waals surface area contributed by atoms with Gasteiger partial charge in [-0.3, -0.25) is 9.98 Å². The summed E-state index contributed by atoms with van der Waals surface area (Å²) in [6, 6.07) is 0. The average Bonchev–Trinajstić information content (AvgIpc) is 2.56. The largest absolute Gasteiger partial charge is 0.258 e. The minimum Gasteiger partial charge on any atom is -0.258 e. The normalized spacial score (nSPS) is 32.6. The lowest BCUT2D eigenvalue weighted by Crippen LogP contribution is -2.27.